The molecule has 1 aromatic heterocycles. The molecule has 2 rings (SSSR count). The smallest absolute Gasteiger partial charge is 0.323 e. The molecule has 0 radical (unpaired) electrons. The number of hydrogen-bond acceptors (Lipinski definition) is 5. The Morgan fingerprint density at radius 2 is 2.05 bits per heavy atom. The number of rotatable bonds is 7. The first-order chi connectivity index (χ1) is 10.1. The van der Waals surface area contributed by atoms with Gasteiger partial charge in [0.25, 0.3) is 0 Å². The monoisotopic (exact) mass is 309 g/mol. The lowest BCUT2D eigenvalue weighted by atomic mass is 10.2. The first-order valence-electron chi connectivity index (χ1n) is 6.62. The zero-order chi connectivity index (χ0) is 15.2. The number of aliphatic carboxylic acids is 1. The van der Waals surface area contributed by atoms with Crippen LogP contribution in [0.25, 0.3) is 0 Å². The molecule has 1 heterocycles. The Hall–Kier alpha value is -2.02. The van der Waals surface area contributed by atoms with E-state index in [9.17, 15) is 9.18 Å². The van der Waals surface area contributed by atoms with Crippen LogP contribution in [-0.4, -0.2) is 34.4 Å². The first-order valence-corrected chi connectivity index (χ1v) is 7.43. The molecule has 2 aromatic rings. The van der Waals surface area contributed by atoms with E-state index in [1.807, 2.05) is 6.92 Å². The van der Waals surface area contributed by atoms with Gasteiger partial charge in [0.2, 0.25) is 5.13 Å². The van der Waals surface area contributed by atoms with Gasteiger partial charge in [0.1, 0.15) is 17.4 Å². The molecule has 0 spiro atoms. The summed E-state index contributed by atoms with van der Waals surface area (Å²) >= 11 is 1.37. The number of aromatic nitrogens is 2. The quantitative estimate of drug-likeness (QED) is 0.851. The Morgan fingerprint density at radius 1 is 1.33 bits per heavy atom. The van der Waals surface area contributed by atoms with E-state index in [2.05, 4.69) is 10.2 Å². The molecule has 1 N–H and O–H groups in total. The summed E-state index contributed by atoms with van der Waals surface area (Å²) in [5.74, 6) is -1.16. The van der Waals surface area contributed by atoms with Crippen LogP contribution in [0.5, 0.6) is 0 Å². The second-order valence-corrected chi connectivity index (χ2v) is 5.64. The number of benzene rings is 1. The van der Waals surface area contributed by atoms with Crippen molar-refractivity contribution in [2.75, 3.05) is 18.0 Å². The normalized spacial score (nSPS) is 10.6. The van der Waals surface area contributed by atoms with Gasteiger partial charge in [-0.2, -0.15) is 0 Å². The summed E-state index contributed by atoms with van der Waals surface area (Å²) in [6, 6.07) is 6.23. The zero-order valence-corrected chi connectivity index (χ0v) is 12.4. The van der Waals surface area contributed by atoms with Gasteiger partial charge in [0, 0.05) is 13.0 Å². The summed E-state index contributed by atoms with van der Waals surface area (Å²) in [5.41, 5.74) is 0.944. The molecule has 0 saturated heterocycles. The molecule has 0 aliphatic carbocycles. The summed E-state index contributed by atoms with van der Waals surface area (Å²) in [5, 5.41) is 18.5. The molecule has 1 aromatic carbocycles. The molecular weight excluding hydrogens is 293 g/mol. The Labute approximate surface area is 126 Å². The molecule has 0 aliphatic heterocycles. The lowest BCUT2D eigenvalue weighted by Crippen LogP contribution is -2.30. The van der Waals surface area contributed by atoms with Crippen molar-refractivity contribution in [2.45, 2.75) is 19.8 Å². The maximum atomic E-state index is 12.9. The van der Waals surface area contributed by atoms with Gasteiger partial charge in [0.05, 0.1) is 0 Å². The van der Waals surface area contributed by atoms with Crippen LogP contribution in [0.3, 0.4) is 0 Å². The molecule has 0 saturated carbocycles. The van der Waals surface area contributed by atoms with Crippen LogP contribution in [0.2, 0.25) is 0 Å². The third-order valence-electron chi connectivity index (χ3n) is 2.81. The number of carboxylic acids is 1. The number of halogens is 1. The Kier molecular flexibility index (Phi) is 5.21. The predicted octanol–water partition coefficient (Wildman–Crippen LogP) is 2.57. The van der Waals surface area contributed by atoms with Gasteiger partial charge in [-0.3, -0.25) is 4.79 Å². The van der Waals surface area contributed by atoms with E-state index in [0.717, 1.165) is 17.0 Å². The Bertz CT molecular complexity index is 601. The maximum Gasteiger partial charge on any atom is 0.323 e. The summed E-state index contributed by atoms with van der Waals surface area (Å²) in [7, 11) is 0. The summed E-state index contributed by atoms with van der Waals surface area (Å²) < 4.78 is 12.9. The van der Waals surface area contributed by atoms with Gasteiger partial charge in [-0.05, 0) is 24.1 Å². The molecule has 5 nitrogen and oxygen atoms in total. The fourth-order valence-electron chi connectivity index (χ4n) is 1.90. The van der Waals surface area contributed by atoms with Crippen LogP contribution in [0.1, 0.15) is 23.9 Å². The van der Waals surface area contributed by atoms with Gasteiger partial charge in [0.15, 0.2) is 0 Å². The molecule has 0 atom stereocenters. The average molecular weight is 309 g/mol. The van der Waals surface area contributed by atoms with Gasteiger partial charge in [-0.1, -0.05) is 30.4 Å². The highest BCUT2D eigenvalue weighted by Gasteiger charge is 2.15. The number of carbonyl (C=O) groups is 1. The highest BCUT2D eigenvalue weighted by atomic mass is 32.1. The fraction of sp³-hybridized carbons (Fsp3) is 0.357. The van der Waals surface area contributed by atoms with Crippen molar-refractivity contribution in [1.82, 2.24) is 10.2 Å². The second kappa shape index (κ2) is 7.12. The fourth-order valence-corrected chi connectivity index (χ4v) is 2.79. The third kappa shape index (κ3) is 4.49. The second-order valence-electron chi connectivity index (χ2n) is 4.60. The first kappa shape index (κ1) is 15.4. The van der Waals surface area contributed by atoms with Crippen LogP contribution >= 0.6 is 11.3 Å². The van der Waals surface area contributed by atoms with Gasteiger partial charge < -0.3 is 10.0 Å². The lowest BCUT2D eigenvalue weighted by molar-refractivity contribution is -0.135. The molecule has 0 fully saturated rings. The van der Waals surface area contributed by atoms with E-state index in [0.29, 0.717) is 18.1 Å². The van der Waals surface area contributed by atoms with E-state index in [-0.39, 0.29) is 12.4 Å². The van der Waals surface area contributed by atoms with E-state index in [1.165, 1.54) is 23.5 Å². The molecule has 7 heteroatoms. The van der Waals surface area contributed by atoms with Gasteiger partial charge >= 0.3 is 5.97 Å². The van der Waals surface area contributed by atoms with E-state index in [1.54, 1.807) is 17.0 Å². The largest absolute Gasteiger partial charge is 0.480 e. The SMILES string of the molecule is CCCN(CC(=O)O)c1nnc(Cc2ccc(F)cc2)s1. The lowest BCUT2D eigenvalue weighted by Gasteiger charge is -2.17. The van der Waals surface area contributed by atoms with Crippen molar-refractivity contribution < 1.29 is 14.3 Å². The minimum atomic E-state index is -0.890. The Balaban J connectivity index is 2.08. The van der Waals surface area contributed by atoms with E-state index < -0.39 is 5.97 Å². The predicted molar refractivity (Wildman–Crippen MR) is 79.3 cm³/mol. The molecule has 112 valence electrons. The topological polar surface area (TPSA) is 66.3 Å². The third-order valence-corrected chi connectivity index (χ3v) is 3.80. The van der Waals surface area contributed by atoms with Crippen LogP contribution in [0.15, 0.2) is 24.3 Å². The number of nitrogens with zero attached hydrogens (tertiary/aromatic N) is 3. The molecule has 0 unspecified atom stereocenters. The van der Waals surface area contributed by atoms with Crippen LogP contribution < -0.4 is 4.90 Å². The molecule has 0 aliphatic rings. The zero-order valence-electron chi connectivity index (χ0n) is 11.6. The van der Waals surface area contributed by atoms with Crippen LogP contribution in [0.4, 0.5) is 9.52 Å². The van der Waals surface area contributed by atoms with Crippen molar-refractivity contribution in [2.24, 2.45) is 0 Å². The Morgan fingerprint density at radius 3 is 2.67 bits per heavy atom. The van der Waals surface area contributed by atoms with Crippen molar-refractivity contribution in [3.8, 4) is 0 Å². The van der Waals surface area contributed by atoms with Crippen LogP contribution in [0, 0.1) is 5.82 Å². The summed E-state index contributed by atoms with van der Waals surface area (Å²) in [4.78, 5) is 12.6. The number of anilines is 1. The molecule has 0 amide bonds. The molecule has 21 heavy (non-hydrogen) atoms. The van der Waals surface area contributed by atoms with Crippen molar-refractivity contribution in [3.05, 3.63) is 40.7 Å². The average Bonchev–Trinajstić information content (AvgIpc) is 2.89. The van der Waals surface area contributed by atoms with E-state index >= 15 is 0 Å². The van der Waals surface area contributed by atoms with E-state index in [4.69, 9.17) is 5.11 Å². The summed E-state index contributed by atoms with van der Waals surface area (Å²) in [6.07, 6.45) is 1.39. The van der Waals surface area contributed by atoms with Crippen molar-refractivity contribution in [3.63, 3.8) is 0 Å². The molecule has 0 bridgehead atoms. The standard InChI is InChI=1S/C14H16FN3O2S/c1-2-7-18(9-13(19)20)14-17-16-12(21-14)8-10-3-5-11(15)6-4-10/h3-6H,2,7-9H2,1H3,(H,19,20). The van der Waals surface area contributed by atoms with Gasteiger partial charge in [-0.25, -0.2) is 4.39 Å². The maximum absolute atomic E-state index is 12.9. The van der Waals surface area contributed by atoms with Crippen LogP contribution in [-0.2, 0) is 11.2 Å². The summed E-state index contributed by atoms with van der Waals surface area (Å²) in [6.45, 7) is 2.52. The highest BCUT2D eigenvalue weighted by molar-refractivity contribution is 7.15. The van der Waals surface area contributed by atoms with Gasteiger partial charge in [-0.15, -0.1) is 10.2 Å². The number of hydrogen-bond donors (Lipinski definition) is 1. The van der Waals surface area contributed by atoms with Crippen molar-refractivity contribution >= 4 is 22.4 Å². The molecular formula is C14H16FN3O2S. The minimum absolute atomic E-state index is 0.0843. The van der Waals surface area contributed by atoms with Crippen molar-refractivity contribution in [1.29, 1.82) is 0 Å². The number of carboxylic acid groups (broad SMARTS) is 1. The minimum Gasteiger partial charge on any atom is -0.480 e. The highest BCUT2D eigenvalue weighted by Crippen LogP contribution is 2.22.